The first-order valence-electron chi connectivity index (χ1n) is 20.5. The summed E-state index contributed by atoms with van der Waals surface area (Å²) < 4.78 is 0. The molecule has 0 saturated carbocycles. The number of thioether (sulfide) groups is 1. The van der Waals surface area contributed by atoms with E-state index in [1.54, 1.807) is 11.8 Å². The molecule has 0 heterocycles. The van der Waals surface area contributed by atoms with Crippen LogP contribution in [0.5, 0.6) is 0 Å². The number of anilines is 6. The lowest BCUT2D eigenvalue weighted by Gasteiger charge is -2.36. The van der Waals surface area contributed by atoms with Gasteiger partial charge in [-0.05, 0) is 124 Å². The van der Waals surface area contributed by atoms with Crippen LogP contribution in [0.3, 0.4) is 0 Å². The lowest BCUT2D eigenvalue weighted by atomic mass is 9.67. The van der Waals surface area contributed by atoms with E-state index in [2.05, 4.69) is 241 Å². The Balaban J connectivity index is 0.00000221. The van der Waals surface area contributed by atoms with Crippen molar-refractivity contribution in [3.8, 4) is 11.1 Å². The van der Waals surface area contributed by atoms with Crippen LogP contribution >= 0.6 is 11.8 Å². The largest absolute Gasteiger partial charge is 0.310 e. The first-order valence-corrected chi connectivity index (χ1v) is 21.7. The Hall–Kier alpha value is -6.81. The van der Waals surface area contributed by atoms with E-state index in [1.165, 1.54) is 49.0 Å². The van der Waals surface area contributed by atoms with Gasteiger partial charge in [-0.2, -0.15) is 0 Å². The Morgan fingerprint density at radius 1 is 0.373 bits per heavy atom. The van der Waals surface area contributed by atoms with Gasteiger partial charge in [0.2, 0.25) is 0 Å². The first-order chi connectivity index (χ1) is 29.3. The SMILES string of the molecule is CC.CSc1ccc(N(c2ccccc2)c2ccc3c(c2)C(c2ccccc2)(c2ccccc2)c2cc(N(c4ccccc4)c4ccccc4)c4ccccc4c2-3)cc1. The van der Waals surface area contributed by atoms with Crippen LogP contribution in [0.2, 0.25) is 0 Å². The van der Waals surface area contributed by atoms with Gasteiger partial charge >= 0.3 is 0 Å². The maximum atomic E-state index is 2.49. The zero-order valence-corrected chi connectivity index (χ0v) is 34.5. The molecule has 59 heavy (non-hydrogen) atoms. The molecule has 0 unspecified atom stereocenters. The van der Waals surface area contributed by atoms with E-state index in [9.17, 15) is 0 Å². The van der Waals surface area contributed by atoms with Crippen LogP contribution in [0.4, 0.5) is 34.1 Å². The summed E-state index contributed by atoms with van der Waals surface area (Å²) in [5.74, 6) is 0. The Bertz CT molecular complexity index is 2730. The highest BCUT2D eigenvalue weighted by atomic mass is 32.2. The minimum absolute atomic E-state index is 0.633. The van der Waals surface area contributed by atoms with Crippen molar-refractivity contribution in [3.05, 3.63) is 247 Å². The van der Waals surface area contributed by atoms with Crippen molar-refractivity contribution >= 4 is 56.7 Å². The summed E-state index contributed by atoms with van der Waals surface area (Å²) in [4.78, 5) is 6.06. The number of fused-ring (bicyclic) bond motifs is 5. The molecule has 1 aliphatic carbocycles. The maximum Gasteiger partial charge on any atom is 0.0715 e. The molecule has 0 aliphatic heterocycles. The minimum Gasteiger partial charge on any atom is -0.310 e. The van der Waals surface area contributed by atoms with Crippen molar-refractivity contribution in [3.63, 3.8) is 0 Å². The van der Waals surface area contributed by atoms with Crippen molar-refractivity contribution in [2.45, 2.75) is 24.2 Å². The molecule has 0 saturated heterocycles. The van der Waals surface area contributed by atoms with E-state index < -0.39 is 5.41 Å². The molecule has 0 atom stereocenters. The Kier molecular flexibility index (Phi) is 10.6. The number of hydrogen-bond donors (Lipinski definition) is 0. The fourth-order valence-corrected chi connectivity index (χ4v) is 9.38. The smallest absolute Gasteiger partial charge is 0.0715 e. The van der Waals surface area contributed by atoms with Crippen molar-refractivity contribution < 1.29 is 0 Å². The number of hydrogen-bond acceptors (Lipinski definition) is 3. The van der Waals surface area contributed by atoms with Crippen molar-refractivity contribution in [2.24, 2.45) is 0 Å². The summed E-state index contributed by atoms with van der Waals surface area (Å²) in [6, 6.07) is 82.1. The average Bonchev–Trinajstić information content (AvgIpc) is 3.62. The summed E-state index contributed by atoms with van der Waals surface area (Å²) >= 11 is 1.76. The van der Waals surface area contributed by atoms with E-state index in [1.807, 2.05) is 13.8 Å². The Morgan fingerprint density at radius 3 is 1.31 bits per heavy atom. The van der Waals surface area contributed by atoms with Crippen molar-refractivity contribution in [1.29, 1.82) is 0 Å². The van der Waals surface area contributed by atoms with Crippen LogP contribution in [0.15, 0.2) is 229 Å². The molecule has 0 fully saturated rings. The predicted octanol–water partition coefficient (Wildman–Crippen LogP) is 15.9. The third kappa shape index (κ3) is 6.58. The second-order valence-corrected chi connectivity index (χ2v) is 15.3. The summed E-state index contributed by atoms with van der Waals surface area (Å²) in [6.07, 6.45) is 2.13. The molecule has 1 aliphatic rings. The number of nitrogens with zero attached hydrogens (tertiary/aromatic N) is 2. The van der Waals surface area contributed by atoms with E-state index >= 15 is 0 Å². The van der Waals surface area contributed by atoms with Gasteiger partial charge in [-0.3, -0.25) is 0 Å². The average molecular weight is 779 g/mol. The fourth-order valence-electron chi connectivity index (χ4n) is 8.97. The quantitative estimate of drug-likeness (QED) is 0.135. The van der Waals surface area contributed by atoms with E-state index in [0.29, 0.717) is 0 Å². The minimum atomic E-state index is -0.633. The van der Waals surface area contributed by atoms with Gasteiger partial charge in [-0.15, -0.1) is 11.8 Å². The molecule has 0 amide bonds. The molecule has 0 aromatic heterocycles. The van der Waals surface area contributed by atoms with Gasteiger partial charge < -0.3 is 9.80 Å². The normalized spacial score (nSPS) is 12.2. The third-order valence-corrected chi connectivity index (χ3v) is 12.1. The predicted molar refractivity (Wildman–Crippen MR) is 254 cm³/mol. The van der Waals surface area contributed by atoms with Gasteiger partial charge in [0.05, 0.1) is 11.1 Å². The van der Waals surface area contributed by atoms with Crippen LogP contribution < -0.4 is 9.80 Å². The standard InChI is InChI=1S/C54H40N2S.C2H6/c1-57-46-34-31-44(32-35-46)55(41-23-11-4-12-24-41)45-33-36-49-50(37-45)54(39-19-7-2-8-20-39,40-21-9-3-10-22-40)51-38-52(47-29-17-18-30-48(47)53(49)51)56(42-25-13-5-14-26-42)43-27-15-6-16-28-43;1-2/h2-38H,1H3;1-2H3. The fraction of sp³-hybridized carbons (Fsp3) is 0.0714. The van der Waals surface area contributed by atoms with E-state index in [0.717, 1.165) is 34.1 Å². The molecule has 0 N–H and O–H groups in total. The lowest BCUT2D eigenvalue weighted by Crippen LogP contribution is -2.29. The summed E-state index contributed by atoms with van der Waals surface area (Å²) in [7, 11) is 0. The molecule has 9 aromatic rings. The van der Waals surface area contributed by atoms with Crippen LogP contribution in [0.1, 0.15) is 36.1 Å². The molecule has 0 radical (unpaired) electrons. The molecule has 9 aromatic carbocycles. The monoisotopic (exact) mass is 778 g/mol. The molecule has 2 nitrogen and oxygen atoms in total. The van der Waals surface area contributed by atoms with Crippen LogP contribution in [-0.4, -0.2) is 6.26 Å². The highest BCUT2D eigenvalue weighted by Crippen LogP contribution is 2.60. The maximum absolute atomic E-state index is 2.49. The molecule has 10 rings (SSSR count). The lowest BCUT2D eigenvalue weighted by molar-refractivity contribution is 0.769. The zero-order chi connectivity index (χ0) is 40.2. The third-order valence-electron chi connectivity index (χ3n) is 11.4. The molecular weight excluding hydrogens is 733 g/mol. The van der Waals surface area contributed by atoms with Gasteiger partial charge in [-0.25, -0.2) is 0 Å². The molecule has 286 valence electrons. The van der Waals surface area contributed by atoms with Crippen molar-refractivity contribution in [1.82, 2.24) is 0 Å². The molecule has 0 bridgehead atoms. The second kappa shape index (κ2) is 16.6. The number of benzene rings is 9. The molecule has 3 heteroatoms. The highest BCUT2D eigenvalue weighted by molar-refractivity contribution is 7.98. The molecular formula is C56H46N2S. The van der Waals surface area contributed by atoms with Gasteiger partial charge in [0.25, 0.3) is 0 Å². The van der Waals surface area contributed by atoms with E-state index in [4.69, 9.17) is 0 Å². The van der Waals surface area contributed by atoms with E-state index in [-0.39, 0.29) is 0 Å². The van der Waals surface area contributed by atoms with Gasteiger partial charge in [0.1, 0.15) is 0 Å². The summed E-state index contributed by atoms with van der Waals surface area (Å²) in [6.45, 7) is 4.00. The van der Waals surface area contributed by atoms with Crippen LogP contribution in [-0.2, 0) is 5.41 Å². The van der Waals surface area contributed by atoms with Crippen LogP contribution in [0, 0.1) is 0 Å². The summed E-state index contributed by atoms with van der Waals surface area (Å²) in [5.41, 5.74) is 13.6. The first kappa shape index (κ1) is 37.7. The second-order valence-electron chi connectivity index (χ2n) is 14.5. The zero-order valence-electron chi connectivity index (χ0n) is 33.7. The summed E-state index contributed by atoms with van der Waals surface area (Å²) in [5, 5.41) is 2.44. The van der Waals surface area contributed by atoms with Crippen LogP contribution in [0.25, 0.3) is 21.9 Å². The number of rotatable bonds is 9. The highest BCUT2D eigenvalue weighted by Gasteiger charge is 2.47. The Morgan fingerprint density at radius 2 is 0.797 bits per heavy atom. The molecule has 0 spiro atoms. The van der Waals surface area contributed by atoms with Crippen molar-refractivity contribution in [2.75, 3.05) is 16.1 Å². The Labute approximate surface area is 353 Å². The van der Waals surface area contributed by atoms with Gasteiger partial charge in [0, 0.05) is 38.7 Å². The number of para-hydroxylation sites is 3. The van der Waals surface area contributed by atoms with Gasteiger partial charge in [-0.1, -0.05) is 159 Å². The van der Waals surface area contributed by atoms with Gasteiger partial charge in [0.15, 0.2) is 0 Å². The topological polar surface area (TPSA) is 6.48 Å².